The number of halogens is 1. The molecule has 134 valence electrons. The lowest BCUT2D eigenvalue weighted by molar-refractivity contribution is 0.129. The van der Waals surface area contributed by atoms with E-state index in [1.807, 2.05) is 26.0 Å². The van der Waals surface area contributed by atoms with Crippen molar-refractivity contribution in [3.8, 4) is 5.75 Å². The highest BCUT2D eigenvalue weighted by Gasteiger charge is 2.32. The molecule has 1 fully saturated rings. The second kappa shape index (κ2) is 7.32. The van der Waals surface area contributed by atoms with Gasteiger partial charge in [0.1, 0.15) is 16.9 Å². The fourth-order valence-corrected chi connectivity index (χ4v) is 4.97. The van der Waals surface area contributed by atoms with Crippen LogP contribution in [0.15, 0.2) is 41.6 Å². The molecular formula is C18H21ClN2O3S. The fraction of sp³-hybridized carbons (Fsp3) is 0.389. The van der Waals surface area contributed by atoms with Crippen LogP contribution in [0.3, 0.4) is 0 Å². The number of benzene rings is 1. The molecule has 1 saturated heterocycles. The molecule has 0 radical (unpaired) electrons. The van der Waals surface area contributed by atoms with Crippen LogP contribution in [0.4, 0.5) is 0 Å². The van der Waals surface area contributed by atoms with Gasteiger partial charge < -0.3 is 4.74 Å². The summed E-state index contributed by atoms with van der Waals surface area (Å²) in [5.41, 5.74) is 1.68. The Morgan fingerprint density at radius 1 is 1.28 bits per heavy atom. The zero-order valence-electron chi connectivity index (χ0n) is 14.3. The molecule has 0 N–H and O–H groups in total. The third kappa shape index (κ3) is 3.97. The molecule has 1 aromatic heterocycles. The van der Waals surface area contributed by atoms with Gasteiger partial charge in [-0.2, -0.15) is 4.31 Å². The van der Waals surface area contributed by atoms with Crippen LogP contribution >= 0.6 is 11.6 Å². The Morgan fingerprint density at radius 2 is 2.08 bits per heavy atom. The van der Waals surface area contributed by atoms with Gasteiger partial charge in [-0.1, -0.05) is 23.7 Å². The number of nitrogens with zero attached hydrogens (tertiary/aromatic N) is 2. The summed E-state index contributed by atoms with van der Waals surface area (Å²) < 4.78 is 33.6. The van der Waals surface area contributed by atoms with Crippen molar-refractivity contribution < 1.29 is 13.2 Å². The first-order valence-corrected chi connectivity index (χ1v) is 10.0. The van der Waals surface area contributed by atoms with E-state index in [2.05, 4.69) is 4.98 Å². The van der Waals surface area contributed by atoms with Crippen LogP contribution in [0, 0.1) is 13.8 Å². The number of ether oxygens (including phenoxy) is 1. The predicted octanol–water partition coefficient (Wildman–Crippen LogP) is 3.58. The maximum absolute atomic E-state index is 13.1. The first-order valence-electron chi connectivity index (χ1n) is 8.21. The molecule has 1 unspecified atom stereocenters. The Morgan fingerprint density at radius 3 is 2.84 bits per heavy atom. The van der Waals surface area contributed by atoms with E-state index in [-0.39, 0.29) is 6.10 Å². The van der Waals surface area contributed by atoms with Crippen molar-refractivity contribution in [2.45, 2.75) is 37.7 Å². The molecule has 0 aliphatic carbocycles. The lowest BCUT2D eigenvalue weighted by atomic mass is 10.1. The zero-order valence-corrected chi connectivity index (χ0v) is 15.8. The highest BCUT2D eigenvalue weighted by atomic mass is 35.5. The molecule has 1 aromatic carbocycles. The third-order valence-electron chi connectivity index (χ3n) is 4.33. The van der Waals surface area contributed by atoms with Crippen LogP contribution in [0.5, 0.6) is 5.75 Å². The van der Waals surface area contributed by atoms with Crippen molar-refractivity contribution in [2.75, 3.05) is 13.1 Å². The summed E-state index contributed by atoms with van der Waals surface area (Å²) in [7, 11) is -3.54. The molecule has 1 atom stereocenters. The molecule has 2 heterocycles. The van der Waals surface area contributed by atoms with E-state index in [4.69, 9.17) is 16.3 Å². The van der Waals surface area contributed by atoms with Crippen molar-refractivity contribution in [1.29, 1.82) is 0 Å². The number of aromatic nitrogens is 1. The molecule has 0 spiro atoms. The van der Waals surface area contributed by atoms with Gasteiger partial charge in [-0.15, -0.1) is 0 Å². The lowest BCUT2D eigenvalue weighted by Crippen LogP contribution is -2.44. The van der Waals surface area contributed by atoms with Crippen LogP contribution in [0.25, 0.3) is 0 Å². The number of aryl methyl sites for hydroxylation is 2. The predicted molar refractivity (Wildman–Crippen MR) is 97.6 cm³/mol. The molecular weight excluding hydrogens is 360 g/mol. The molecule has 25 heavy (non-hydrogen) atoms. The van der Waals surface area contributed by atoms with Gasteiger partial charge in [0, 0.05) is 25.0 Å². The summed E-state index contributed by atoms with van der Waals surface area (Å²) >= 11 is 6.08. The van der Waals surface area contributed by atoms with Gasteiger partial charge in [0.2, 0.25) is 10.0 Å². The van der Waals surface area contributed by atoms with Gasteiger partial charge in [-0.05, 0) is 43.9 Å². The maximum Gasteiger partial charge on any atom is 0.243 e. The van der Waals surface area contributed by atoms with Gasteiger partial charge in [-0.3, -0.25) is 4.98 Å². The van der Waals surface area contributed by atoms with Crippen LogP contribution < -0.4 is 4.74 Å². The Balaban J connectivity index is 1.81. The van der Waals surface area contributed by atoms with Crippen molar-refractivity contribution in [2.24, 2.45) is 0 Å². The molecule has 2 aromatic rings. The number of pyridine rings is 1. The second-order valence-electron chi connectivity index (χ2n) is 6.32. The average Bonchev–Trinajstić information content (AvgIpc) is 2.59. The summed E-state index contributed by atoms with van der Waals surface area (Å²) in [6.07, 6.45) is 4.43. The van der Waals surface area contributed by atoms with E-state index in [0.29, 0.717) is 28.8 Å². The summed E-state index contributed by atoms with van der Waals surface area (Å²) in [5.74, 6) is 0.535. The summed E-state index contributed by atoms with van der Waals surface area (Å²) in [5, 5.41) is 0.428. The van der Waals surface area contributed by atoms with E-state index in [1.54, 1.807) is 18.3 Å². The topological polar surface area (TPSA) is 59.5 Å². The molecule has 1 aliphatic heterocycles. The molecule has 3 rings (SSSR count). The molecule has 5 nitrogen and oxygen atoms in total. The molecule has 0 bridgehead atoms. The standard InChI is InChI=1S/C18H21ClN2O3S/c1-13-5-6-14(2)18(10-13)25(22,23)21-9-3-4-15(12-21)24-17-7-8-20-11-16(17)19/h5-8,10-11,15H,3-4,9,12H2,1-2H3. The minimum atomic E-state index is -3.54. The van der Waals surface area contributed by atoms with E-state index < -0.39 is 10.0 Å². The van der Waals surface area contributed by atoms with Crippen molar-refractivity contribution >= 4 is 21.6 Å². The highest BCUT2D eigenvalue weighted by molar-refractivity contribution is 7.89. The van der Waals surface area contributed by atoms with E-state index in [0.717, 1.165) is 24.0 Å². The summed E-state index contributed by atoms with van der Waals surface area (Å²) in [4.78, 5) is 4.30. The first kappa shape index (κ1) is 18.2. The number of hydrogen-bond donors (Lipinski definition) is 0. The molecule has 1 aliphatic rings. The number of sulfonamides is 1. The van der Waals surface area contributed by atoms with Gasteiger partial charge in [0.25, 0.3) is 0 Å². The van der Waals surface area contributed by atoms with E-state index in [1.165, 1.54) is 10.5 Å². The van der Waals surface area contributed by atoms with Gasteiger partial charge in [0.05, 0.1) is 11.4 Å². The van der Waals surface area contributed by atoms with Crippen LogP contribution in [-0.4, -0.2) is 36.9 Å². The Hall–Kier alpha value is -1.63. The third-order valence-corrected chi connectivity index (χ3v) is 6.62. The van der Waals surface area contributed by atoms with Gasteiger partial charge >= 0.3 is 0 Å². The molecule has 7 heteroatoms. The first-order chi connectivity index (χ1) is 11.9. The number of rotatable bonds is 4. The zero-order chi connectivity index (χ0) is 18.0. The van der Waals surface area contributed by atoms with Crippen molar-refractivity contribution in [3.63, 3.8) is 0 Å². The summed E-state index contributed by atoms with van der Waals surface area (Å²) in [6.45, 7) is 4.53. The van der Waals surface area contributed by atoms with E-state index >= 15 is 0 Å². The van der Waals surface area contributed by atoms with Crippen LogP contribution in [0.1, 0.15) is 24.0 Å². The normalized spacial score (nSPS) is 18.9. The van der Waals surface area contributed by atoms with Crippen LogP contribution in [0.2, 0.25) is 5.02 Å². The largest absolute Gasteiger partial charge is 0.487 e. The highest BCUT2D eigenvalue weighted by Crippen LogP contribution is 2.28. The minimum Gasteiger partial charge on any atom is -0.487 e. The van der Waals surface area contributed by atoms with Gasteiger partial charge in [0.15, 0.2) is 0 Å². The number of hydrogen-bond acceptors (Lipinski definition) is 4. The van der Waals surface area contributed by atoms with Crippen molar-refractivity contribution in [1.82, 2.24) is 9.29 Å². The smallest absolute Gasteiger partial charge is 0.243 e. The monoisotopic (exact) mass is 380 g/mol. The van der Waals surface area contributed by atoms with E-state index in [9.17, 15) is 8.42 Å². The molecule has 0 amide bonds. The minimum absolute atomic E-state index is 0.228. The SMILES string of the molecule is Cc1ccc(C)c(S(=O)(=O)N2CCCC(Oc3ccncc3Cl)C2)c1. The lowest BCUT2D eigenvalue weighted by Gasteiger charge is -2.32. The number of piperidine rings is 1. The Labute approximate surface area is 153 Å². The van der Waals surface area contributed by atoms with Crippen molar-refractivity contribution in [3.05, 3.63) is 52.8 Å². The second-order valence-corrected chi connectivity index (χ2v) is 8.63. The quantitative estimate of drug-likeness (QED) is 0.813. The molecule has 0 saturated carbocycles. The summed E-state index contributed by atoms with van der Waals surface area (Å²) in [6, 6.07) is 7.19. The maximum atomic E-state index is 13.1. The average molecular weight is 381 g/mol. The van der Waals surface area contributed by atoms with Gasteiger partial charge in [-0.25, -0.2) is 8.42 Å². The fourth-order valence-electron chi connectivity index (χ4n) is 2.98. The Bertz CT molecular complexity index is 870. The Kier molecular flexibility index (Phi) is 5.32. The van der Waals surface area contributed by atoms with Crippen LogP contribution in [-0.2, 0) is 10.0 Å².